The lowest BCUT2D eigenvalue weighted by Gasteiger charge is -1.96. The Bertz CT molecular complexity index is 533. The maximum Gasteiger partial charge on any atom is 0.309 e. The number of imidazole rings is 1. The van der Waals surface area contributed by atoms with Crippen LogP contribution in [-0.4, -0.2) is 20.5 Å². The SMILES string of the molecule is Cc1c(CC(=O)O)nc2ccc(F)cn12. The fraction of sp³-hybridized carbons (Fsp3) is 0.200. The highest BCUT2D eigenvalue weighted by atomic mass is 19.1. The average Bonchev–Trinajstić information content (AvgIpc) is 2.44. The van der Waals surface area contributed by atoms with Crippen molar-refractivity contribution in [2.75, 3.05) is 0 Å². The molecule has 1 N–H and O–H groups in total. The number of nitrogens with zero attached hydrogens (tertiary/aromatic N) is 2. The number of aliphatic carboxylic acids is 1. The first-order chi connectivity index (χ1) is 7.08. The summed E-state index contributed by atoms with van der Waals surface area (Å²) in [5, 5.41) is 8.65. The van der Waals surface area contributed by atoms with Crippen LogP contribution in [0, 0.1) is 12.7 Å². The third-order valence-corrected chi connectivity index (χ3v) is 2.24. The number of aryl methyl sites for hydroxylation is 1. The third-order valence-electron chi connectivity index (χ3n) is 2.24. The fourth-order valence-electron chi connectivity index (χ4n) is 1.50. The molecule has 0 aliphatic heterocycles. The van der Waals surface area contributed by atoms with Gasteiger partial charge < -0.3 is 9.51 Å². The van der Waals surface area contributed by atoms with E-state index >= 15 is 0 Å². The van der Waals surface area contributed by atoms with E-state index in [9.17, 15) is 9.18 Å². The van der Waals surface area contributed by atoms with Gasteiger partial charge in [0.25, 0.3) is 0 Å². The van der Waals surface area contributed by atoms with E-state index in [4.69, 9.17) is 5.11 Å². The number of halogens is 1. The minimum atomic E-state index is -0.943. The highest BCUT2D eigenvalue weighted by Gasteiger charge is 2.11. The van der Waals surface area contributed by atoms with Crippen molar-refractivity contribution in [3.63, 3.8) is 0 Å². The fourth-order valence-corrected chi connectivity index (χ4v) is 1.50. The molecule has 0 saturated heterocycles. The molecule has 15 heavy (non-hydrogen) atoms. The second-order valence-electron chi connectivity index (χ2n) is 3.29. The van der Waals surface area contributed by atoms with Crippen LogP contribution in [0.25, 0.3) is 5.65 Å². The summed E-state index contributed by atoms with van der Waals surface area (Å²) in [5.74, 6) is -1.31. The van der Waals surface area contributed by atoms with Crippen LogP contribution in [0.3, 0.4) is 0 Å². The molecular weight excluding hydrogens is 199 g/mol. The van der Waals surface area contributed by atoms with Gasteiger partial charge in [0.2, 0.25) is 0 Å². The Kier molecular flexibility index (Phi) is 2.15. The predicted molar refractivity (Wildman–Crippen MR) is 51.2 cm³/mol. The first-order valence-corrected chi connectivity index (χ1v) is 4.43. The standard InChI is InChI=1S/C10H9FN2O2/c1-6-8(4-10(14)15)12-9-3-2-7(11)5-13(6)9/h2-3,5H,4H2,1H3,(H,14,15). The van der Waals surface area contributed by atoms with Gasteiger partial charge in [-0.1, -0.05) is 0 Å². The van der Waals surface area contributed by atoms with Gasteiger partial charge in [-0.05, 0) is 19.1 Å². The molecule has 2 aromatic heterocycles. The predicted octanol–water partition coefficient (Wildman–Crippen LogP) is 1.41. The number of hydrogen-bond donors (Lipinski definition) is 1. The second-order valence-corrected chi connectivity index (χ2v) is 3.29. The topological polar surface area (TPSA) is 54.6 Å². The van der Waals surface area contributed by atoms with Gasteiger partial charge in [-0.2, -0.15) is 0 Å². The van der Waals surface area contributed by atoms with E-state index in [-0.39, 0.29) is 12.2 Å². The van der Waals surface area contributed by atoms with Crippen molar-refractivity contribution in [3.05, 3.63) is 35.5 Å². The molecule has 4 nitrogen and oxygen atoms in total. The number of carbonyl (C=O) groups is 1. The van der Waals surface area contributed by atoms with Gasteiger partial charge in [-0.3, -0.25) is 4.79 Å². The summed E-state index contributed by atoms with van der Waals surface area (Å²) < 4.78 is 14.5. The lowest BCUT2D eigenvalue weighted by atomic mass is 10.2. The molecule has 0 fully saturated rings. The molecule has 0 aliphatic rings. The Hall–Kier alpha value is -1.91. The van der Waals surface area contributed by atoms with Crippen molar-refractivity contribution in [2.24, 2.45) is 0 Å². The molecule has 0 atom stereocenters. The van der Waals surface area contributed by atoms with Gasteiger partial charge in [0.05, 0.1) is 12.1 Å². The van der Waals surface area contributed by atoms with Gasteiger partial charge in [0, 0.05) is 11.9 Å². The number of aromatic nitrogens is 2. The van der Waals surface area contributed by atoms with Crippen molar-refractivity contribution in [1.82, 2.24) is 9.38 Å². The average molecular weight is 208 g/mol. The van der Waals surface area contributed by atoms with E-state index in [1.807, 2.05) is 0 Å². The first kappa shape index (κ1) is 9.64. The van der Waals surface area contributed by atoms with Crippen LogP contribution in [0.5, 0.6) is 0 Å². The summed E-state index contributed by atoms with van der Waals surface area (Å²) in [5.41, 5.74) is 1.69. The summed E-state index contributed by atoms with van der Waals surface area (Å²) in [4.78, 5) is 14.7. The lowest BCUT2D eigenvalue weighted by molar-refractivity contribution is -0.136. The highest BCUT2D eigenvalue weighted by molar-refractivity contribution is 5.70. The molecular formula is C10H9FN2O2. The van der Waals surface area contributed by atoms with Crippen molar-refractivity contribution >= 4 is 11.6 Å². The van der Waals surface area contributed by atoms with Crippen LogP contribution in [0.15, 0.2) is 18.3 Å². The molecule has 78 valence electrons. The zero-order valence-electron chi connectivity index (χ0n) is 8.07. The molecule has 0 saturated carbocycles. The zero-order valence-corrected chi connectivity index (χ0v) is 8.07. The van der Waals surface area contributed by atoms with Crippen molar-refractivity contribution in [3.8, 4) is 0 Å². The Labute approximate surface area is 85.0 Å². The number of hydrogen-bond acceptors (Lipinski definition) is 2. The monoisotopic (exact) mass is 208 g/mol. The number of rotatable bonds is 2. The Morgan fingerprint density at radius 2 is 2.33 bits per heavy atom. The molecule has 5 heteroatoms. The molecule has 2 rings (SSSR count). The lowest BCUT2D eigenvalue weighted by Crippen LogP contribution is -2.02. The molecule has 0 radical (unpaired) electrons. The first-order valence-electron chi connectivity index (χ1n) is 4.43. The molecule has 2 aromatic rings. The molecule has 0 amide bonds. The van der Waals surface area contributed by atoms with Gasteiger partial charge in [0.1, 0.15) is 11.5 Å². The summed E-state index contributed by atoms with van der Waals surface area (Å²) >= 11 is 0. The minimum absolute atomic E-state index is 0.144. The van der Waals surface area contributed by atoms with E-state index in [0.717, 1.165) is 0 Å². The van der Waals surface area contributed by atoms with E-state index in [1.165, 1.54) is 18.3 Å². The molecule has 0 spiro atoms. The van der Waals surface area contributed by atoms with Gasteiger partial charge >= 0.3 is 5.97 Å². The minimum Gasteiger partial charge on any atom is -0.481 e. The smallest absolute Gasteiger partial charge is 0.309 e. The van der Waals surface area contributed by atoms with Gasteiger partial charge in [0.15, 0.2) is 0 Å². The van der Waals surface area contributed by atoms with Gasteiger partial charge in [-0.25, -0.2) is 9.37 Å². The number of pyridine rings is 1. The molecule has 0 aliphatic carbocycles. The van der Waals surface area contributed by atoms with Crippen LogP contribution in [0.1, 0.15) is 11.4 Å². The van der Waals surface area contributed by atoms with E-state index in [2.05, 4.69) is 4.98 Å². The number of carboxylic acids is 1. The maximum atomic E-state index is 12.9. The van der Waals surface area contributed by atoms with Crippen LogP contribution in [-0.2, 0) is 11.2 Å². The summed E-state index contributed by atoms with van der Waals surface area (Å²) in [7, 11) is 0. The van der Waals surface area contributed by atoms with Crippen LogP contribution >= 0.6 is 0 Å². The van der Waals surface area contributed by atoms with E-state index in [0.29, 0.717) is 17.0 Å². The normalized spacial score (nSPS) is 10.8. The Morgan fingerprint density at radius 3 is 3.00 bits per heavy atom. The van der Waals surface area contributed by atoms with E-state index < -0.39 is 5.97 Å². The second kappa shape index (κ2) is 3.34. The molecule has 2 heterocycles. The Morgan fingerprint density at radius 1 is 1.60 bits per heavy atom. The maximum absolute atomic E-state index is 12.9. The van der Waals surface area contributed by atoms with E-state index in [1.54, 1.807) is 11.3 Å². The summed E-state index contributed by atoms with van der Waals surface area (Å²) in [6, 6.07) is 2.82. The molecule has 0 bridgehead atoms. The largest absolute Gasteiger partial charge is 0.481 e. The van der Waals surface area contributed by atoms with Crippen LogP contribution in [0.2, 0.25) is 0 Å². The molecule has 0 unspecified atom stereocenters. The van der Waals surface area contributed by atoms with Gasteiger partial charge in [-0.15, -0.1) is 0 Å². The third kappa shape index (κ3) is 1.68. The summed E-state index contributed by atoms with van der Waals surface area (Å²) in [6.45, 7) is 1.72. The Balaban J connectivity index is 2.59. The van der Waals surface area contributed by atoms with Crippen LogP contribution < -0.4 is 0 Å². The van der Waals surface area contributed by atoms with Crippen molar-refractivity contribution < 1.29 is 14.3 Å². The number of carboxylic acid groups (broad SMARTS) is 1. The molecule has 0 aromatic carbocycles. The van der Waals surface area contributed by atoms with Crippen molar-refractivity contribution in [2.45, 2.75) is 13.3 Å². The highest BCUT2D eigenvalue weighted by Crippen LogP contribution is 2.13. The summed E-state index contributed by atoms with van der Waals surface area (Å²) in [6.07, 6.45) is 1.15. The van der Waals surface area contributed by atoms with Crippen LogP contribution in [0.4, 0.5) is 4.39 Å². The van der Waals surface area contributed by atoms with Crippen molar-refractivity contribution in [1.29, 1.82) is 0 Å². The zero-order chi connectivity index (χ0) is 11.0. The number of fused-ring (bicyclic) bond motifs is 1. The quantitative estimate of drug-likeness (QED) is 0.811.